The smallest absolute Gasteiger partial charge is 0.417 e. The van der Waals surface area contributed by atoms with Crippen molar-refractivity contribution in [2.24, 2.45) is 5.92 Å². The lowest BCUT2D eigenvalue weighted by Crippen LogP contribution is -2.50. The lowest BCUT2D eigenvalue weighted by atomic mass is 9.98. The molecule has 1 saturated heterocycles. The van der Waals surface area contributed by atoms with Gasteiger partial charge in [0.1, 0.15) is 12.3 Å². The third kappa shape index (κ3) is 8.71. The third-order valence-corrected chi connectivity index (χ3v) is 7.50. The van der Waals surface area contributed by atoms with Crippen molar-refractivity contribution >= 4 is 16.8 Å². The maximum Gasteiger partial charge on any atom is 0.417 e. The molecule has 0 spiro atoms. The number of hydrogen-bond acceptors (Lipinski definition) is 7. The van der Waals surface area contributed by atoms with E-state index in [-0.39, 0.29) is 11.4 Å². The van der Waals surface area contributed by atoms with Crippen LogP contribution in [0.2, 0.25) is 0 Å². The second-order valence-corrected chi connectivity index (χ2v) is 10.8. The number of aryl methyl sites for hydroxylation is 1. The Kier molecular flexibility index (Phi) is 9.60. The fourth-order valence-corrected chi connectivity index (χ4v) is 5.05. The van der Waals surface area contributed by atoms with Crippen LogP contribution < -0.4 is 21.0 Å². The molecule has 3 N–H and O–H groups in total. The van der Waals surface area contributed by atoms with Crippen LogP contribution >= 0.6 is 0 Å². The fraction of sp³-hybridized carbons (Fsp3) is 0.367. The van der Waals surface area contributed by atoms with Gasteiger partial charge in [0.05, 0.1) is 11.1 Å². The number of amides is 1. The Balaban J connectivity index is 1.04. The first-order valence-corrected chi connectivity index (χ1v) is 14.2. The topological polar surface area (TPSA) is 96.3 Å². The number of ether oxygens (including phenoxy) is 1. The number of nitrogens with zero attached hydrogens (tertiary/aromatic N) is 4. The monoisotopic (exact) mass is 635 g/mol. The molecular formula is C30H31F6N7O2. The largest absolute Gasteiger partial charge is 0.439 e. The average molecular weight is 636 g/mol. The maximum atomic E-state index is 12.7. The zero-order valence-corrected chi connectivity index (χ0v) is 24.2. The zero-order valence-electron chi connectivity index (χ0n) is 24.2. The van der Waals surface area contributed by atoms with Crippen LogP contribution in [0.15, 0.2) is 60.9 Å². The molecule has 2 aromatic heterocycles. The van der Waals surface area contributed by atoms with Crippen molar-refractivity contribution < 1.29 is 35.9 Å². The number of hydrogen-bond donors (Lipinski definition) is 3. The number of rotatable bonds is 10. The van der Waals surface area contributed by atoms with Gasteiger partial charge in [0.15, 0.2) is 0 Å². The number of nitrogens with one attached hydrogen (secondary N) is 3. The number of carbonyl (C=O) groups excluding carboxylic acids is 1. The summed E-state index contributed by atoms with van der Waals surface area (Å²) >= 11 is 0. The summed E-state index contributed by atoms with van der Waals surface area (Å²) in [5.74, 6) is 0.122. The minimum absolute atomic E-state index is 0.0661. The molecule has 15 heteroatoms. The van der Waals surface area contributed by atoms with E-state index in [1.54, 1.807) is 25.1 Å². The number of halogens is 6. The minimum Gasteiger partial charge on any atom is -0.439 e. The Morgan fingerprint density at radius 2 is 1.73 bits per heavy atom. The summed E-state index contributed by atoms with van der Waals surface area (Å²) in [4.78, 5) is 16.0. The summed E-state index contributed by atoms with van der Waals surface area (Å²) in [6.45, 7) is 3.12. The predicted octanol–water partition coefficient (Wildman–Crippen LogP) is 5.76. The quantitative estimate of drug-likeness (QED) is 0.151. The Bertz CT molecular complexity index is 1600. The summed E-state index contributed by atoms with van der Waals surface area (Å²) < 4.78 is 83.0. The molecule has 0 atom stereocenters. The number of fused-ring (bicyclic) bond motifs is 1. The number of aromatic nitrogens is 3. The van der Waals surface area contributed by atoms with Crippen LogP contribution in [0.1, 0.15) is 39.9 Å². The van der Waals surface area contributed by atoms with Gasteiger partial charge >= 0.3 is 12.4 Å². The van der Waals surface area contributed by atoms with Crippen molar-refractivity contribution in [1.29, 1.82) is 0 Å². The van der Waals surface area contributed by atoms with Crippen LogP contribution in [-0.2, 0) is 19.3 Å². The molecule has 0 unspecified atom stereocenters. The average Bonchev–Trinajstić information content (AvgIpc) is 3.41. The molecule has 3 heterocycles. The third-order valence-electron chi connectivity index (χ3n) is 7.50. The van der Waals surface area contributed by atoms with E-state index in [9.17, 15) is 31.1 Å². The number of hydrazine groups is 2. The SMILES string of the molecule is Cc1c(C(=O)NCC(F)(F)F)ccc2nn(CC3CCN(NNCc4ccc(Oc5ccc(C(F)(F)F)cn5)cc4)CC3)cc12. The lowest BCUT2D eigenvalue weighted by molar-refractivity contribution is -0.137. The molecule has 5 rings (SSSR count). The van der Waals surface area contributed by atoms with E-state index in [4.69, 9.17) is 4.74 Å². The van der Waals surface area contributed by atoms with Crippen LogP contribution in [0.25, 0.3) is 10.9 Å². The molecule has 45 heavy (non-hydrogen) atoms. The van der Waals surface area contributed by atoms with Gasteiger partial charge in [0.2, 0.25) is 5.88 Å². The van der Waals surface area contributed by atoms with Crippen molar-refractivity contribution in [3.05, 3.63) is 83.2 Å². The Morgan fingerprint density at radius 3 is 2.38 bits per heavy atom. The summed E-state index contributed by atoms with van der Waals surface area (Å²) in [6.07, 6.45) is -4.53. The molecule has 4 aromatic rings. The number of piperidine rings is 1. The van der Waals surface area contributed by atoms with Crippen LogP contribution in [-0.4, -0.2) is 51.5 Å². The highest BCUT2D eigenvalue weighted by Crippen LogP contribution is 2.30. The zero-order chi connectivity index (χ0) is 32.2. The lowest BCUT2D eigenvalue weighted by Gasteiger charge is -2.32. The molecule has 1 aliphatic heterocycles. The van der Waals surface area contributed by atoms with Gasteiger partial charge in [-0.25, -0.2) is 15.4 Å². The predicted molar refractivity (Wildman–Crippen MR) is 153 cm³/mol. The standard InChI is InChI=1S/C30H31F6N7O2/c1-19-24(28(44)38-18-29(31,32)33)7-8-26-25(19)17-43(40-26)16-21-10-12-42(13-11-21)41-39-14-20-2-5-23(6-3-20)45-27-9-4-22(15-37-27)30(34,35)36/h2-9,15,17,21,39,41H,10-14,16,18H2,1H3,(H,38,44). The van der Waals surface area contributed by atoms with Gasteiger partial charge in [0.25, 0.3) is 5.91 Å². The maximum absolute atomic E-state index is 12.7. The molecule has 1 fully saturated rings. The van der Waals surface area contributed by atoms with Gasteiger partial charge in [0, 0.05) is 55.6 Å². The summed E-state index contributed by atoms with van der Waals surface area (Å²) in [5, 5.41) is 9.34. The first-order valence-electron chi connectivity index (χ1n) is 14.2. The van der Waals surface area contributed by atoms with Crippen molar-refractivity contribution in [3.63, 3.8) is 0 Å². The van der Waals surface area contributed by atoms with Gasteiger partial charge in [-0.05, 0) is 67.1 Å². The minimum atomic E-state index is -4.48. The molecule has 1 aliphatic rings. The molecule has 0 radical (unpaired) electrons. The highest BCUT2D eigenvalue weighted by Gasteiger charge is 2.31. The first-order chi connectivity index (χ1) is 21.3. The Morgan fingerprint density at radius 1 is 1.00 bits per heavy atom. The molecule has 9 nitrogen and oxygen atoms in total. The van der Waals surface area contributed by atoms with Crippen LogP contribution in [0, 0.1) is 12.8 Å². The van der Waals surface area contributed by atoms with Crippen LogP contribution in [0.4, 0.5) is 26.3 Å². The summed E-state index contributed by atoms with van der Waals surface area (Å²) in [7, 11) is 0. The summed E-state index contributed by atoms with van der Waals surface area (Å²) in [6, 6.07) is 12.4. The number of alkyl halides is 6. The number of benzene rings is 2. The Hall–Kier alpha value is -4.21. The van der Waals surface area contributed by atoms with Crippen LogP contribution in [0.5, 0.6) is 11.6 Å². The van der Waals surface area contributed by atoms with Gasteiger partial charge < -0.3 is 10.1 Å². The fourth-order valence-electron chi connectivity index (χ4n) is 5.05. The van der Waals surface area contributed by atoms with Crippen molar-refractivity contribution in [3.8, 4) is 11.6 Å². The van der Waals surface area contributed by atoms with Gasteiger partial charge in [-0.15, -0.1) is 0 Å². The molecule has 1 amide bonds. The normalized spacial score (nSPS) is 15.0. The highest BCUT2D eigenvalue weighted by atomic mass is 19.4. The highest BCUT2D eigenvalue weighted by molar-refractivity contribution is 6.00. The van der Waals surface area contributed by atoms with E-state index in [1.807, 2.05) is 28.3 Å². The number of carbonyl (C=O) groups is 1. The van der Waals surface area contributed by atoms with E-state index < -0.39 is 30.4 Å². The molecule has 0 saturated carbocycles. The number of pyridine rings is 1. The summed E-state index contributed by atoms with van der Waals surface area (Å²) in [5.41, 5.74) is 7.98. The van der Waals surface area contributed by atoms with Gasteiger partial charge in [-0.1, -0.05) is 12.1 Å². The van der Waals surface area contributed by atoms with E-state index in [0.29, 0.717) is 35.8 Å². The van der Waals surface area contributed by atoms with Crippen molar-refractivity contribution in [1.82, 2.24) is 36.1 Å². The van der Waals surface area contributed by atoms with Crippen LogP contribution in [0.3, 0.4) is 0 Å². The molecule has 0 bridgehead atoms. The molecule has 0 aliphatic carbocycles. The molecule has 2 aromatic carbocycles. The molecule has 240 valence electrons. The van der Waals surface area contributed by atoms with E-state index in [1.165, 1.54) is 12.1 Å². The second kappa shape index (κ2) is 13.4. The van der Waals surface area contributed by atoms with Gasteiger partial charge in [-0.3, -0.25) is 9.48 Å². The van der Waals surface area contributed by atoms with E-state index >= 15 is 0 Å². The molecular weight excluding hydrogens is 604 g/mol. The van der Waals surface area contributed by atoms with Gasteiger partial charge in [-0.2, -0.15) is 37.0 Å². The van der Waals surface area contributed by atoms with E-state index in [2.05, 4.69) is 26.1 Å². The van der Waals surface area contributed by atoms with Crippen molar-refractivity contribution in [2.45, 2.75) is 45.2 Å². The van der Waals surface area contributed by atoms with Crippen molar-refractivity contribution in [2.75, 3.05) is 19.6 Å². The first kappa shape index (κ1) is 32.2. The Labute approximate surface area is 254 Å². The second-order valence-electron chi connectivity index (χ2n) is 10.8. The van der Waals surface area contributed by atoms with E-state index in [0.717, 1.165) is 49.1 Å².